The van der Waals surface area contributed by atoms with Crippen LogP contribution in [0.3, 0.4) is 0 Å². The number of H-pyrrole nitrogens is 1. The van der Waals surface area contributed by atoms with Gasteiger partial charge >= 0.3 is 0 Å². The molecular formula is C22H26N4O2. The van der Waals surface area contributed by atoms with E-state index in [2.05, 4.69) is 22.2 Å². The highest BCUT2D eigenvalue weighted by molar-refractivity contribution is 5.99. The molecule has 3 aromatic rings. The fourth-order valence-electron chi connectivity index (χ4n) is 4.00. The molecule has 1 fully saturated rings. The van der Waals surface area contributed by atoms with Crippen molar-refractivity contribution in [3.63, 3.8) is 0 Å². The van der Waals surface area contributed by atoms with Gasteiger partial charge in [0.05, 0.1) is 5.69 Å². The molecular weight excluding hydrogens is 352 g/mol. The number of rotatable bonds is 4. The Hall–Kier alpha value is -2.89. The third kappa shape index (κ3) is 3.35. The zero-order valence-electron chi connectivity index (χ0n) is 16.4. The minimum atomic E-state index is -0.227. The van der Waals surface area contributed by atoms with E-state index in [1.165, 1.54) is 48.2 Å². The summed E-state index contributed by atoms with van der Waals surface area (Å²) in [6.45, 7) is 2.49. The van der Waals surface area contributed by atoms with E-state index in [1.54, 1.807) is 18.1 Å². The minimum Gasteiger partial charge on any atom is -0.342 e. The van der Waals surface area contributed by atoms with E-state index in [9.17, 15) is 9.59 Å². The standard InChI is InChI=1S/C22H26N4O2/c1-3-25(2)22(28)18-14-23-26-20(27)13-19(24-21(18)26)17-11-9-16(10-12-17)15-7-5-4-6-8-15/h9-15,23H,3-8H2,1-2H3. The molecule has 2 aromatic heterocycles. The van der Waals surface area contributed by atoms with Gasteiger partial charge in [0.15, 0.2) is 5.65 Å². The molecule has 6 heteroatoms. The molecule has 1 amide bonds. The second-order valence-electron chi connectivity index (χ2n) is 7.60. The normalized spacial score (nSPS) is 15.1. The first-order valence-corrected chi connectivity index (χ1v) is 10.1. The summed E-state index contributed by atoms with van der Waals surface area (Å²) in [5.41, 5.74) is 3.39. The van der Waals surface area contributed by atoms with Crippen LogP contribution in [0.5, 0.6) is 0 Å². The number of carbonyl (C=O) groups is 1. The number of amides is 1. The molecule has 0 aliphatic heterocycles. The topological polar surface area (TPSA) is 70.5 Å². The predicted molar refractivity (Wildman–Crippen MR) is 110 cm³/mol. The monoisotopic (exact) mass is 378 g/mol. The van der Waals surface area contributed by atoms with E-state index in [1.807, 2.05) is 19.1 Å². The molecule has 1 saturated carbocycles. The number of carbonyl (C=O) groups excluding carboxylic acids is 1. The third-order valence-corrected chi connectivity index (χ3v) is 5.83. The smallest absolute Gasteiger partial charge is 0.273 e. The SMILES string of the molecule is CCN(C)C(=O)c1c[nH]n2c(=O)cc(-c3ccc(C4CCCCC4)cc3)nc12. The van der Waals surface area contributed by atoms with Crippen molar-refractivity contribution < 1.29 is 4.79 Å². The highest BCUT2D eigenvalue weighted by Gasteiger charge is 2.19. The zero-order valence-corrected chi connectivity index (χ0v) is 16.4. The van der Waals surface area contributed by atoms with Crippen molar-refractivity contribution in [1.29, 1.82) is 0 Å². The maximum atomic E-state index is 12.6. The molecule has 0 spiro atoms. The molecule has 1 N–H and O–H groups in total. The lowest BCUT2D eigenvalue weighted by Gasteiger charge is -2.22. The lowest BCUT2D eigenvalue weighted by molar-refractivity contribution is 0.0804. The molecule has 4 rings (SSSR count). The van der Waals surface area contributed by atoms with Gasteiger partial charge in [-0.05, 0) is 31.2 Å². The Kier molecular flexibility index (Phi) is 5.03. The van der Waals surface area contributed by atoms with E-state index in [0.29, 0.717) is 29.4 Å². The summed E-state index contributed by atoms with van der Waals surface area (Å²) in [4.78, 5) is 31.3. The van der Waals surface area contributed by atoms with Gasteiger partial charge in [0.1, 0.15) is 5.56 Å². The van der Waals surface area contributed by atoms with Crippen LogP contribution >= 0.6 is 0 Å². The van der Waals surface area contributed by atoms with Gasteiger partial charge in [-0.15, -0.1) is 0 Å². The Bertz CT molecular complexity index is 1040. The molecule has 0 unspecified atom stereocenters. The summed E-state index contributed by atoms with van der Waals surface area (Å²) in [6, 6.07) is 9.89. The highest BCUT2D eigenvalue weighted by Crippen LogP contribution is 2.33. The van der Waals surface area contributed by atoms with Gasteiger partial charge in [-0.1, -0.05) is 43.5 Å². The van der Waals surface area contributed by atoms with Crippen LogP contribution in [0.4, 0.5) is 0 Å². The number of nitrogens with zero attached hydrogens (tertiary/aromatic N) is 3. The van der Waals surface area contributed by atoms with Crippen molar-refractivity contribution in [2.75, 3.05) is 13.6 Å². The van der Waals surface area contributed by atoms with Gasteiger partial charge in [0.2, 0.25) is 0 Å². The summed E-state index contributed by atoms with van der Waals surface area (Å²) in [5, 5.41) is 2.84. The number of fused-ring (bicyclic) bond motifs is 1. The minimum absolute atomic E-state index is 0.155. The summed E-state index contributed by atoms with van der Waals surface area (Å²) in [5.74, 6) is 0.486. The van der Waals surface area contributed by atoms with Crippen molar-refractivity contribution in [3.8, 4) is 11.3 Å². The fourth-order valence-corrected chi connectivity index (χ4v) is 4.00. The van der Waals surface area contributed by atoms with Gasteiger partial charge in [-0.2, -0.15) is 0 Å². The van der Waals surface area contributed by atoms with Gasteiger partial charge in [0, 0.05) is 31.4 Å². The predicted octanol–water partition coefficient (Wildman–Crippen LogP) is 3.83. The Labute approximate surface area is 164 Å². The van der Waals surface area contributed by atoms with E-state index >= 15 is 0 Å². The molecule has 0 atom stereocenters. The van der Waals surface area contributed by atoms with Crippen LogP contribution in [0, 0.1) is 0 Å². The molecule has 28 heavy (non-hydrogen) atoms. The first-order chi connectivity index (χ1) is 13.6. The molecule has 1 aromatic carbocycles. The van der Waals surface area contributed by atoms with Crippen LogP contribution in [-0.4, -0.2) is 39.0 Å². The first-order valence-electron chi connectivity index (χ1n) is 10.1. The maximum Gasteiger partial charge on any atom is 0.273 e. The second kappa shape index (κ2) is 7.62. The van der Waals surface area contributed by atoms with Crippen molar-refractivity contribution in [2.45, 2.75) is 44.9 Å². The summed E-state index contributed by atoms with van der Waals surface area (Å²) in [7, 11) is 1.73. The van der Waals surface area contributed by atoms with Gasteiger partial charge in [0.25, 0.3) is 11.5 Å². The molecule has 146 valence electrons. The molecule has 0 radical (unpaired) electrons. The quantitative estimate of drug-likeness (QED) is 0.750. The largest absolute Gasteiger partial charge is 0.342 e. The van der Waals surface area contributed by atoms with Crippen LogP contribution in [0.2, 0.25) is 0 Å². The molecule has 1 aliphatic carbocycles. The zero-order chi connectivity index (χ0) is 19.7. The molecule has 0 saturated heterocycles. The van der Waals surface area contributed by atoms with E-state index in [4.69, 9.17) is 0 Å². The van der Waals surface area contributed by atoms with Crippen LogP contribution < -0.4 is 5.56 Å². The Morgan fingerprint density at radius 1 is 1.21 bits per heavy atom. The molecule has 6 nitrogen and oxygen atoms in total. The Balaban J connectivity index is 1.70. The lowest BCUT2D eigenvalue weighted by Crippen LogP contribution is -2.26. The number of aromatic nitrogens is 3. The average molecular weight is 378 g/mol. The number of hydrogen-bond acceptors (Lipinski definition) is 3. The van der Waals surface area contributed by atoms with Crippen LogP contribution in [0.25, 0.3) is 16.9 Å². The fraction of sp³-hybridized carbons (Fsp3) is 0.409. The lowest BCUT2D eigenvalue weighted by atomic mass is 9.84. The van der Waals surface area contributed by atoms with Crippen LogP contribution in [0.15, 0.2) is 41.3 Å². The number of nitrogens with one attached hydrogen (secondary N) is 1. The highest BCUT2D eigenvalue weighted by atomic mass is 16.2. The van der Waals surface area contributed by atoms with Crippen molar-refractivity contribution in [1.82, 2.24) is 19.5 Å². The summed E-state index contributed by atoms with van der Waals surface area (Å²) in [6.07, 6.45) is 8.01. The third-order valence-electron chi connectivity index (χ3n) is 5.83. The van der Waals surface area contributed by atoms with Crippen molar-refractivity contribution >= 4 is 11.6 Å². The summed E-state index contributed by atoms with van der Waals surface area (Å²) >= 11 is 0. The second-order valence-corrected chi connectivity index (χ2v) is 7.60. The van der Waals surface area contributed by atoms with Gasteiger partial charge in [-0.3, -0.25) is 14.7 Å². The number of benzene rings is 1. The number of aromatic amines is 1. The van der Waals surface area contributed by atoms with Gasteiger partial charge < -0.3 is 4.90 Å². The van der Waals surface area contributed by atoms with Crippen LogP contribution in [0.1, 0.15) is 60.9 Å². The van der Waals surface area contributed by atoms with Gasteiger partial charge in [-0.25, -0.2) is 9.50 Å². The van der Waals surface area contributed by atoms with E-state index < -0.39 is 0 Å². The Morgan fingerprint density at radius 3 is 2.61 bits per heavy atom. The van der Waals surface area contributed by atoms with E-state index in [-0.39, 0.29) is 11.5 Å². The number of hydrogen-bond donors (Lipinski definition) is 1. The van der Waals surface area contributed by atoms with Crippen LogP contribution in [-0.2, 0) is 0 Å². The van der Waals surface area contributed by atoms with Crippen molar-refractivity contribution in [2.24, 2.45) is 0 Å². The summed E-state index contributed by atoms with van der Waals surface area (Å²) < 4.78 is 1.32. The molecule has 0 bridgehead atoms. The van der Waals surface area contributed by atoms with E-state index in [0.717, 1.165) is 5.56 Å². The van der Waals surface area contributed by atoms with Crippen molar-refractivity contribution in [3.05, 3.63) is 58.0 Å². The molecule has 1 aliphatic rings. The maximum absolute atomic E-state index is 12.6. The molecule has 2 heterocycles. The average Bonchev–Trinajstić information content (AvgIpc) is 3.18. The Morgan fingerprint density at radius 2 is 1.93 bits per heavy atom. The first kappa shape index (κ1) is 18.5.